The van der Waals surface area contributed by atoms with Crippen molar-refractivity contribution in [1.82, 2.24) is 0 Å². The molecule has 1 aliphatic carbocycles. The van der Waals surface area contributed by atoms with Crippen molar-refractivity contribution in [3.63, 3.8) is 0 Å². The lowest BCUT2D eigenvalue weighted by Gasteiger charge is -2.02. The summed E-state index contributed by atoms with van der Waals surface area (Å²) in [6, 6.07) is 0. The van der Waals surface area contributed by atoms with Crippen LogP contribution in [0.4, 0.5) is 0 Å². The molecule has 3 heteroatoms. The number of aliphatic hydroxyl groups excluding tert-OH is 1. The first kappa shape index (κ1) is 5.23. The van der Waals surface area contributed by atoms with Crippen LogP contribution in [0.15, 0.2) is 0 Å². The number of hydrogen-bond acceptors (Lipinski definition) is 3. The third-order valence-electron chi connectivity index (χ3n) is 2.21. The molecule has 1 saturated heterocycles. The van der Waals surface area contributed by atoms with Gasteiger partial charge in [-0.3, -0.25) is 4.79 Å². The summed E-state index contributed by atoms with van der Waals surface area (Å²) < 4.78 is 4.65. The Bertz CT molecular complexity index is 160. The molecular weight excluding hydrogens is 120 g/mol. The first-order valence-corrected chi connectivity index (χ1v) is 3.11. The summed E-state index contributed by atoms with van der Waals surface area (Å²) in [6.45, 7) is 0.207. The largest absolute Gasteiger partial charge is 0.462 e. The average Bonchev–Trinajstić information content (AvgIpc) is 2.56. The maximum Gasteiger partial charge on any atom is 0.314 e. The quantitative estimate of drug-likeness (QED) is 0.455. The Morgan fingerprint density at radius 3 is 2.56 bits per heavy atom. The van der Waals surface area contributed by atoms with Crippen LogP contribution >= 0.6 is 0 Å². The van der Waals surface area contributed by atoms with Gasteiger partial charge in [0.05, 0.1) is 5.41 Å². The Morgan fingerprint density at radius 1 is 1.67 bits per heavy atom. The van der Waals surface area contributed by atoms with E-state index in [0.29, 0.717) is 0 Å². The van der Waals surface area contributed by atoms with Gasteiger partial charge in [-0.05, 0) is 12.8 Å². The molecule has 0 aromatic carbocycles. The summed E-state index contributed by atoms with van der Waals surface area (Å²) in [6.07, 6.45) is 1.10. The van der Waals surface area contributed by atoms with Crippen molar-refractivity contribution in [2.75, 3.05) is 6.61 Å². The van der Waals surface area contributed by atoms with Crippen LogP contribution in [0, 0.1) is 5.41 Å². The van der Waals surface area contributed by atoms with E-state index >= 15 is 0 Å². The molecular formula is C6H8O3. The summed E-state index contributed by atoms with van der Waals surface area (Å²) in [7, 11) is 0. The van der Waals surface area contributed by atoms with Gasteiger partial charge >= 0.3 is 5.97 Å². The van der Waals surface area contributed by atoms with Crippen LogP contribution in [0.1, 0.15) is 12.8 Å². The van der Waals surface area contributed by atoms with Crippen LogP contribution in [-0.2, 0) is 9.53 Å². The van der Waals surface area contributed by atoms with E-state index in [1.54, 1.807) is 0 Å². The lowest BCUT2D eigenvalue weighted by molar-refractivity contribution is -0.142. The molecule has 2 fully saturated rings. The molecule has 1 heterocycles. The first-order chi connectivity index (χ1) is 4.26. The third kappa shape index (κ3) is 0.477. The van der Waals surface area contributed by atoms with Gasteiger partial charge < -0.3 is 9.84 Å². The third-order valence-corrected chi connectivity index (χ3v) is 2.21. The Hall–Kier alpha value is -0.570. The van der Waals surface area contributed by atoms with E-state index in [1.807, 2.05) is 0 Å². The molecule has 1 atom stereocenters. The minimum absolute atomic E-state index is 0.199. The van der Waals surface area contributed by atoms with E-state index in [2.05, 4.69) is 4.74 Å². The highest BCUT2D eigenvalue weighted by Crippen LogP contribution is 2.52. The van der Waals surface area contributed by atoms with Gasteiger partial charge in [-0.25, -0.2) is 0 Å². The number of carbonyl (C=O) groups is 1. The number of hydrogen-bond donors (Lipinski definition) is 1. The van der Waals surface area contributed by atoms with Crippen molar-refractivity contribution in [3.05, 3.63) is 0 Å². The predicted octanol–water partition coefficient (Wildman–Crippen LogP) is -0.316. The molecule has 0 aromatic heterocycles. The number of carbonyl (C=O) groups excluding carboxylic acids is 1. The summed E-state index contributed by atoms with van der Waals surface area (Å²) >= 11 is 0. The zero-order valence-corrected chi connectivity index (χ0v) is 4.96. The second-order valence-electron chi connectivity index (χ2n) is 2.77. The summed E-state index contributed by atoms with van der Waals surface area (Å²) in [5.74, 6) is -0.199. The molecule has 0 aromatic rings. The van der Waals surface area contributed by atoms with E-state index < -0.39 is 11.5 Å². The van der Waals surface area contributed by atoms with E-state index in [1.165, 1.54) is 0 Å². The van der Waals surface area contributed by atoms with Gasteiger partial charge in [-0.2, -0.15) is 0 Å². The zero-order valence-electron chi connectivity index (χ0n) is 4.96. The van der Waals surface area contributed by atoms with Gasteiger partial charge in [0.1, 0.15) is 12.7 Å². The lowest BCUT2D eigenvalue weighted by atomic mass is 10.0. The van der Waals surface area contributed by atoms with E-state index in [0.717, 1.165) is 12.8 Å². The molecule has 1 unspecified atom stereocenters. The van der Waals surface area contributed by atoms with Gasteiger partial charge in [-0.1, -0.05) is 0 Å². The Labute approximate surface area is 52.6 Å². The van der Waals surface area contributed by atoms with Crippen LogP contribution in [0.5, 0.6) is 0 Å². The fourth-order valence-corrected chi connectivity index (χ4v) is 1.27. The lowest BCUT2D eigenvalue weighted by Crippen LogP contribution is -2.21. The number of aliphatic hydroxyl groups is 1. The first-order valence-electron chi connectivity index (χ1n) is 3.11. The molecule has 0 radical (unpaired) electrons. The van der Waals surface area contributed by atoms with Gasteiger partial charge in [-0.15, -0.1) is 0 Å². The summed E-state index contributed by atoms with van der Waals surface area (Å²) in [5.41, 5.74) is -0.444. The highest BCUT2D eigenvalue weighted by Gasteiger charge is 2.60. The molecule has 0 bridgehead atoms. The van der Waals surface area contributed by atoms with Crippen LogP contribution in [0.2, 0.25) is 0 Å². The molecule has 1 spiro atoms. The monoisotopic (exact) mass is 128 g/mol. The second-order valence-corrected chi connectivity index (χ2v) is 2.77. The SMILES string of the molecule is O=C1OCC(O)C12CC2. The Morgan fingerprint density at radius 2 is 2.33 bits per heavy atom. The molecule has 1 saturated carbocycles. The van der Waals surface area contributed by atoms with E-state index in [4.69, 9.17) is 5.11 Å². The van der Waals surface area contributed by atoms with Gasteiger partial charge in [0.2, 0.25) is 0 Å². The molecule has 0 amide bonds. The van der Waals surface area contributed by atoms with E-state index in [9.17, 15) is 4.79 Å². The van der Waals surface area contributed by atoms with E-state index in [-0.39, 0.29) is 12.6 Å². The predicted molar refractivity (Wildman–Crippen MR) is 28.6 cm³/mol. The standard InChI is InChI=1S/C6H8O3/c7-4-3-9-5(8)6(4)1-2-6/h4,7H,1-3H2. The summed E-state index contributed by atoms with van der Waals surface area (Å²) in [5, 5.41) is 9.14. The van der Waals surface area contributed by atoms with Crippen molar-refractivity contribution < 1.29 is 14.6 Å². The second kappa shape index (κ2) is 1.29. The number of rotatable bonds is 0. The highest BCUT2D eigenvalue weighted by molar-refractivity contribution is 5.82. The fourth-order valence-electron chi connectivity index (χ4n) is 1.27. The number of ether oxygens (including phenoxy) is 1. The topological polar surface area (TPSA) is 46.5 Å². The number of esters is 1. The van der Waals surface area contributed by atoms with Crippen molar-refractivity contribution in [2.45, 2.75) is 18.9 Å². The molecule has 1 N–H and O–H groups in total. The van der Waals surface area contributed by atoms with Crippen molar-refractivity contribution >= 4 is 5.97 Å². The fraction of sp³-hybridized carbons (Fsp3) is 0.833. The Balaban J connectivity index is 2.26. The molecule has 50 valence electrons. The normalized spacial score (nSPS) is 37.0. The molecule has 3 nitrogen and oxygen atoms in total. The zero-order chi connectivity index (χ0) is 6.48. The molecule has 1 aliphatic heterocycles. The van der Waals surface area contributed by atoms with Crippen LogP contribution in [0.25, 0.3) is 0 Å². The minimum Gasteiger partial charge on any atom is -0.462 e. The minimum atomic E-state index is -0.523. The molecule has 2 aliphatic rings. The number of cyclic esters (lactones) is 1. The Kier molecular flexibility index (Phi) is 0.750. The smallest absolute Gasteiger partial charge is 0.314 e. The highest BCUT2D eigenvalue weighted by atomic mass is 16.6. The average molecular weight is 128 g/mol. The van der Waals surface area contributed by atoms with Gasteiger partial charge in [0.25, 0.3) is 0 Å². The van der Waals surface area contributed by atoms with Crippen molar-refractivity contribution in [1.29, 1.82) is 0 Å². The van der Waals surface area contributed by atoms with Crippen LogP contribution in [-0.4, -0.2) is 23.8 Å². The van der Waals surface area contributed by atoms with Crippen LogP contribution in [0.3, 0.4) is 0 Å². The molecule has 9 heavy (non-hydrogen) atoms. The summed E-state index contributed by atoms with van der Waals surface area (Å²) in [4.78, 5) is 10.8. The van der Waals surface area contributed by atoms with Crippen molar-refractivity contribution in [2.24, 2.45) is 5.41 Å². The maximum atomic E-state index is 10.8. The molecule has 2 rings (SSSR count). The van der Waals surface area contributed by atoms with Crippen LogP contribution < -0.4 is 0 Å². The van der Waals surface area contributed by atoms with Gasteiger partial charge in [0.15, 0.2) is 0 Å². The van der Waals surface area contributed by atoms with Crippen molar-refractivity contribution in [3.8, 4) is 0 Å². The van der Waals surface area contributed by atoms with Gasteiger partial charge in [0, 0.05) is 0 Å². The maximum absolute atomic E-state index is 10.8.